The van der Waals surface area contributed by atoms with Crippen LogP contribution in [0.5, 0.6) is 0 Å². The van der Waals surface area contributed by atoms with Gasteiger partial charge < -0.3 is 10.6 Å². The molecule has 0 atom stereocenters. The van der Waals surface area contributed by atoms with E-state index in [0.717, 1.165) is 27.6 Å². The average Bonchev–Trinajstić information content (AvgIpc) is 3.04. The number of thiazole rings is 1. The molecule has 0 saturated carbocycles. The molecule has 0 spiro atoms. The van der Waals surface area contributed by atoms with E-state index in [4.69, 9.17) is 0 Å². The Morgan fingerprint density at radius 3 is 2.50 bits per heavy atom. The summed E-state index contributed by atoms with van der Waals surface area (Å²) in [5.74, 6) is -0.310. The number of hydrogen-bond donors (Lipinski definition) is 2. The van der Waals surface area contributed by atoms with Crippen molar-refractivity contribution >= 4 is 28.1 Å². The summed E-state index contributed by atoms with van der Waals surface area (Å²) in [5.41, 5.74) is 3.71. The van der Waals surface area contributed by atoms with Crippen LogP contribution < -0.4 is 10.6 Å². The molecule has 1 amide bonds. The van der Waals surface area contributed by atoms with Crippen LogP contribution in [-0.4, -0.2) is 10.9 Å². The van der Waals surface area contributed by atoms with E-state index in [0.29, 0.717) is 6.54 Å². The first-order valence-corrected chi connectivity index (χ1v) is 8.30. The van der Waals surface area contributed by atoms with Crippen LogP contribution in [0.1, 0.15) is 12.5 Å². The summed E-state index contributed by atoms with van der Waals surface area (Å²) in [6.45, 7) is 2.02. The third kappa shape index (κ3) is 4.17. The van der Waals surface area contributed by atoms with Crippen LogP contribution in [-0.2, 0) is 11.3 Å². The van der Waals surface area contributed by atoms with Gasteiger partial charge in [0.15, 0.2) is 5.13 Å². The van der Waals surface area contributed by atoms with Crippen LogP contribution in [0.25, 0.3) is 11.3 Å². The molecule has 0 bridgehead atoms. The van der Waals surface area contributed by atoms with Crippen molar-refractivity contribution in [2.24, 2.45) is 0 Å². The van der Waals surface area contributed by atoms with Crippen LogP contribution >= 0.6 is 11.3 Å². The zero-order chi connectivity index (χ0) is 16.9. The van der Waals surface area contributed by atoms with Crippen molar-refractivity contribution < 1.29 is 9.18 Å². The number of halogens is 1. The maximum absolute atomic E-state index is 12.9. The van der Waals surface area contributed by atoms with E-state index >= 15 is 0 Å². The zero-order valence-electron chi connectivity index (χ0n) is 13.0. The number of aromatic nitrogens is 1. The molecule has 1 heterocycles. The molecule has 1 aromatic heterocycles. The molecule has 0 aliphatic carbocycles. The molecule has 0 aliphatic heterocycles. The lowest BCUT2D eigenvalue weighted by Gasteiger charge is -2.04. The van der Waals surface area contributed by atoms with Crippen molar-refractivity contribution in [2.45, 2.75) is 13.5 Å². The molecule has 3 rings (SSSR count). The lowest BCUT2D eigenvalue weighted by Crippen LogP contribution is -2.18. The lowest BCUT2D eigenvalue weighted by atomic mass is 10.1. The van der Waals surface area contributed by atoms with Crippen molar-refractivity contribution in [1.29, 1.82) is 0 Å². The minimum Gasteiger partial charge on any atom is -0.352 e. The van der Waals surface area contributed by atoms with Crippen molar-refractivity contribution in [3.8, 4) is 11.3 Å². The predicted molar refractivity (Wildman–Crippen MR) is 94.8 cm³/mol. The highest BCUT2D eigenvalue weighted by Crippen LogP contribution is 2.27. The average molecular weight is 341 g/mol. The molecule has 122 valence electrons. The first-order chi connectivity index (χ1) is 11.6. The normalized spacial score (nSPS) is 10.4. The van der Waals surface area contributed by atoms with Crippen LogP contribution in [0, 0.1) is 5.82 Å². The molecule has 4 nitrogen and oxygen atoms in total. The number of nitrogens with zero attached hydrogens (tertiary/aromatic N) is 1. The lowest BCUT2D eigenvalue weighted by molar-refractivity contribution is -0.119. The van der Waals surface area contributed by atoms with Gasteiger partial charge in [-0.1, -0.05) is 24.3 Å². The van der Waals surface area contributed by atoms with Gasteiger partial charge in [-0.25, -0.2) is 9.37 Å². The maximum Gasteiger partial charge on any atom is 0.217 e. The van der Waals surface area contributed by atoms with Gasteiger partial charge in [-0.3, -0.25) is 4.79 Å². The third-order valence-corrected chi connectivity index (χ3v) is 4.15. The van der Waals surface area contributed by atoms with Crippen molar-refractivity contribution in [1.82, 2.24) is 10.3 Å². The number of carbonyl (C=O) groups is 1. The number of hydrogen-bond acceptors (Lipinski definition) is 4. The Hall–Kier alpha value is -2.73. The molecule has 0 radical (unpaired) electrons. The van der Waals surface area contributed by atoms with Gasteiger partial charge in [0.2, 0.25) is 5.91 Å². The van der Waals surface area contributed by atoms with E-state index < -0.39 is 0 Å². The third-order valence-electron chi connectivity index (χ3n) is 3.39. The van der Waals surface area contributed by atoms with E-state index in [-0.39, 0.29) is 11.7 Å². The molecule has 0 aliphatic rings. The number of anilines is 2. The fourth-order valence-corrected chi connectivity index (χ4v) is 2.88. The summed E-state index contributed by atoms with van der Waals surface area (Å²) < 4.78 is 12.9. The Bertz CT molecular complexity index is 828. The number of benzene rings is 2. The second-order valence-electron chi connectivity index (χ2n) is 5.28. The highest BCUT2D eigenvalue weighted by Gasteiger charge is 2.05. The van der Waals surface area contributed by atoms with Crippen LogP contribution in [0.2, 0.25) is 0 Å². The van der Waals surface area contributed by atoms with Gasteiger partial charge in [-0.05, 0) is 29.8 Å². The van der Waals surface area contributed by atoms with Crippen molar-refractivity contribution in [2.75, 3.05) is 5.32 Å². The molecular formula is C18H16FN3OS. The molecule has 2 N–H and O–H groups in total. The monoisotopic (exact) mass is 341 g/mol. The van der Waals surface area contributed by atoms with E-state index in [9.17, 15) is 9.18 Å². The highest BCUT2D eigenvalue weighted by molar-refractivity contribution is 7.14. The fraction of sp³-hybridized carbons (Fsp3) is 0.111. The van der Waals surface area contributed by atoms with Crippen LogP contribution in [0.4, 0.5) is 15.2 Å². The Labute approximate surface area is 143 Å². The summed E-state index contributed by atoms with van der Waals surface area (Å²) in [6, 6.07) is 14.1. The van der Waals surface area contributed by atoms with Crippen molar-refractivity contribution in [3.63, 3.8) is 0 Å². The van der Waals surface area contributed by atoms with E-state index in [1.165, 1.54) is 30.4 Å². The van der Waals surface area contributed by atoms with Crippen LogP contribution in [0.15, 0.2) is 53.9 Å². The molecule has 2 aromatic carbocycles. The predicted octanol–water partition coefficient (Wildman–Crippen LogP) is 4.33. The summed E-state index contributed by atoms with van der Waals surface area (Å²) in [4.78, 5) is 15.5. The minimum absolute atomic E-state index is 0.0462. The number of nitrogens with one attached hydrogen (secondary N) is 2. The second kappa shape index (κ2) is 7.23. The minimum atomic E-state index is -0.264. The van der Waals surface area contributed by atoms with Crippen molar-refractivity contribution in [3.05, 3.63) is 65.3 Å². The number of rotatable bonds is 5. The van der Waals surface area contributed by atoms with Gasteiger partial charge in [-0.2, -0.15) is 0 Å². The summed E-state index contributed by atoms with van der Waals surface area (Å²) >= 11 is 1.49. The van der Waals surface area contributed by atoms with E-state index in [2.05, 4.69) is 15.6 Å². The van der Waals surface area contributed by atoms with E-state index in [1.54, 1.807) is 12.1 Å². The molecule has 0 fully saturated rings. The standard InChI is InChI=1S/C18H16FN3OS/c1-12(23)20-10-13-2-4-14(5-3-13)17-11-24-18(22-17)21-16-8-6-15(19)7-9-16/h2-9,11H,10H2,1H3,(H,20,23)(H,21,22). The first-order valence-electron chi connectivity index (χ1n) is 7.42. The zero-order valence-corrected chi connectivity index (χ0v) is 13.9. The fourth-order valence-electron chi connectivity index (χ4n) is 2.14. The molecule has 24 heavy (non-hydrogen) atoms. The second-order valence-corrected chi connectivity index (χ2v) is 6.13. The largest absolute Gasteiger partial charge is 0.352 e. The topological polar surface area (TPSA) is 54.0 Å². The number of carbonyl (C=O) groups excluding carboxylic acids is 1. The summed E-state index contributed by atoms with van der Waals surface area (Å²) in [6.07, 6.45) is 0. The Morgan fingerprint density at radius 1 is 1.12 bits per heavy atom. The van der Waals surface area contributed by atoms with Gasteiger partial charge in [0.1, 0.15) is 5.82 Å². The van der Waals surface area contributed by atoms with Gasteiger partial charge >= 0.3 is 0 Å². The summed E-state index contributed by atoms with van der Waals surface area (Å²) in [5, 5.41) is 8.64. The highest BCUT2D eigenvalue weighted by atomic mass is 32.1. The molecule has 6 heteroatoms. The van der Waals surface area contributed by atoms with Gasteiger partial charge in [0.25, 0.3) is 0 Å². The van der Waals surface area contributed by atoms with Gasteiger partial charge in [0, 0.05) is 30.1 Å². The Kier molecular flexibility index (Phi) is 4.86. The van der Waals surface area contributed by atoms with Gasteiger partial charge in [0.05, 0.1) is 5.69 Å². The first kappa shape index (κ1) is 16.1. The van der Waals surface area contributed by atoms with E-state index in [1.807, 2.05) is 29.6 Å². The SMILES string of the molecule is CC(=O)NCc1ccc(-c2csc(Nc3ccc(F)cc3)n2)cc1. The van der Waals surface area contributed by atoms with Crippen LogP contribution in [0.3, 0.4) is 0 Å². The molecule has 0 unspecified atom stereocenters. The quantitative estimate of drug-likeness (QED) is 0.726. The Balaban J connectivity index is 1.68. The number of amides is 1. The summed E-state index contributed by atoms with van der Waals surface area (Å²) in [7, 11) is 0. The molecular weight excluding hydrogens is 325 g/mol. The van der Waals surface area contributed by atoms with Gasteiger partial charge in [-0.15, -0.1) is 11.3 Å². The Morgan fingerprint density at radius 2 is 1.83 bits per heavy atom. The maximum atomic E-state index is 12.9. The smallest absolute Gasteiger partial charge is 0.217 e. The molecule has 0 saturated heterocycles. The molecule has 3 aromatic rings.